The highest BCUT2D eigenvalue weighted by Crippen LogP contribution is 2.38. The second-order valence-electron chi connectivity index (χ2n) is 10.1. The SMILES string of the molecule is CN1C(=N)N[C@](CCC2CCCCC2)(C[C@H]2CCCC(NCc3cccnc3)C2)C1=O. The van der Waals surface area contributed by atoms with E-state index in [1.54, 1.807) is 7.05 Å². The van der Waals surface area contributed by atoms with E-state index >= 15 is 0 Å². The van der Waals surface area contributed by atoms with Gasteiger partial charge in [0.15, 0.2) is 5.96 Å². The minimum Gasteiger partial charge on any atom is -0.342 e. The molecular formula is C25H39N5O. The van der Waals surface area contributed by atoms with Crippen molar-refractivity contribution < 1.29 is 4.79 Å². The lowest BCUT2D eigenvalue weighted by Gasteiger charge is -2.37. The summed E-state index contributed by atoms with van der Waals surface area (Å²) in [7, 11) is 1.75. The maximum Gasteiger partial charge on any atom is 0.254 e. The Morgan fingerprint density at radius 1 is 1.19 bits per heavy atom. The Morgan fingerprint density at radius 3 is 2.71 bits per heavy atom. The minimum absolute atomic E-state index is 0.110. The number of hydrogen-bond acceptors (Lipinski definition) is 4. The summed E-state index contributed by atoms with van der Waals surface area (Å²) < 4.78 is 0. The van der Waals surface area contributed by atoms with E-state index in [9.17, 15) is 4.79 Å². The van der Waals surface area contributed by atoms with Crippen molar-refractivity contribution in [2.45, 2.75) is 95.2 Å². The first-order valence-electron chi connectivity index (χ1n) is 12.3. The number of nitrogens with one attached hydrogen (secondary N) is 3. The molecule has 3 fully saturated rings. The highest BCUT2D eigenvalue weighted by Gasteiger charge is 2.49. The molecule has 2 saturated carbocycles. The van der Waals surface area contributed by atoms with E-state index in [4.69, 9.17) is 5.41 Å². The molecule has 1 aliphatic heterocycles. The zero-order valence-corrected chi connectivity index (χ0v) is 19.0. The third kappa shape index (κ3) is 5.46. The summed E-state index contributed by atoms with van der Waals surface area (Å²) in [6.07, 6.45) is 17.9. The molecule has 6 heteroatoms. The van der Waals surface area contributed by atoms with Crippen LogP contribution in [0.4, 0.5) is 0 Å². The van der Waals surface area contributed by atoms with Crippen LogP contribution >= 0.6 is 0 Å². The monoisotopic (exact) mass is 425 g/mol. The molecular weight excluding hydrogens is 386 g/mol. The third-order valence-corrected chi connectivity index (χ3v) is 7.85. The Kier molecular flexibility index (Phi) is 7.26. The van der Waals surface area contributed by atoms with Gasteiger partial charge in [0, 0.05) is 32.0 Å². The lowest BCUT2D eigenvalue weighted by molar-refractivity contribution is -0.131. The fraction of sp³-hybridized carbons (Fsp3) is 0.720. The summed E-state index contributed by atoms with van der Waals surface area (Å²) in [6, 6.07) is 4.59. The zero-order valence-electron chi connectivity index (χ0n) is 19.0. The van der Waals surface area contributed by atoms with E-state index in [1.807, 2.05) is 18.5 Å². The molecule has 0 bridgehead atoms. The number of hydrogen-bond donors (Lipinski definition) is 3. The first kappa shape index (κ1) is 22.3. The van der Waals surface area contributed by atoms with E-state index in [2.05, 4.69) is 21.7 Å². The molecule has 3 N–H and O–H groups in total. The maximum atomic E-state index is 13.3. The predicted molar refractivity (Wildman–Crippen MR) is 124 cm³/mol. The Balaban J connectivity index is 1.37. The number of carbonyl (C=O) groups excluding carboxylic acids is 1. The first-order chi connectivity index (χ1) is 15.1. The Bertz CT molecular complexity index is 748. The molecule has 3 atom stereocenters. The van der Waals surface area contributed by atoms with Crippen LogP contribution in [-0.2, 0) is 11.3 Å². The second kappa shape index (κ2) is 10.1. The van der Waals surface area contributed by atoms with E-state index < -0.39 is 5.54 Å². The van der Waals surface area contributed by atoms with Crippen molar-refractivity contribution in [3.05, 3.63) is 30.1 Å². The number of aromatic nitrogens is 1. The van der Waals surface area contributed by atoms with Crippen molar-refractivity contribution in [3.63, 3.8) is 0 Å². The van der Waals surface area contributed by atoms with Crippen molar-refractivity contribution in [3.8, 4) is 0 Å². The van der Waals surface area contributed by atoms with Gasteiger partial charge in [-0.05, 0) is 55.6 Å². The number of carbonyl (C=O) groups is 1. The molecule has 4 rings (SSSR count). The van der Waals surface area contributed by atoms with E-state index in [-0.39, 0.29) is 11.9 Å². The van der Waals surface area contributed by atoms with Crippen LogP contribution in [0.25, 0.3) is 0 Å². The Morgan fingerprint density at radius 2 is 2.00 bits per heavy atom. The number of likely N-dealkylation sites (N-methyl/N-ethyl adjacent to an activating group) is 1. The standard InChI is InChI=1S/C25H39N5O/c1-30-23(31)25(29-24(30)26,13-12-19-7-3-2-4-8-19)16-20-9-5-11-22(15-20)28-18-21-10-6-14-27-17-21/h6,10,14,17,19-20,22,28H,2-5,7-9,11-13,15-16,18H2,1H3,(H2,26,29)/t20-,22?,25+/m0/s1. The van der Waals surface area contributed by atoms with Gasteiger partial charge < -0.3 is 10.6 Å². The Labute approximate surface area is 187 Å². The summed E-state index contributed by atoms with van der Waals surface area (Å²) in [5.41, 5.74) is 0.649. The molecule has 31 heavy (non-hydrogen) atoms. The van der Waals surface area contributed by atoms with Crippen molar-refractivity contribution >= 4 is 11.9 Å². The molecule has 0 radical (unpaired) electrons. The van der Waals surface area contributed by atoms with E-state index in [0.717, 1.165) is 38.1 Å². The molecule has 2 heterocycles. The van der Waals surface area contributed by atoms with Gasteiger partial charge in [-0.2, -0.15) is 0 Å². The van der Waals surface area contributed by atoms with Gasteiger partial charge in [-0.25, -0.2) is 0 Å². The van der Waals surface area contributed by atoms with Crippen molar-refractivity contribution in [1.29, 1.82) is 5.41 Å². The fourth-order valence-corrected chi connectivity index (χ4v) is 6.04. The highest BCUT2D eigenvalue weighted by atomic mass is 16.2. The average molecular weight is 426 g/mol. The summed E-state index contributed by atoms with van der Waals surface area (Å²) in [5.74, 6) is 1.65. The van der Waals surface area contributed by atoms with Crippen molar-refractivity contribution in [2.24, 2.45) is 11.8 Å². The van der Waals surface area contributed by atoms with Gasteiger partial charge in [-0.1, -0.05) is 51.0 Å². The third-order valence-electron chi connectivity index (χ3n) is 7.85. The van der Waals surface area contributed by atoms with Crippen LogP contribution < -0.4 is 10.6 Å². The summed E-state index contributed by atoms with van der Waals surface area (Å²) >= 11 is 0. The number of nitrogens with zero attached hydrogens (tertiary/aromatic N) is 2. The maximum absolute atomic E-state index is 13.3. The predicted octanol–water partition coefficient (Wildman–Crippen LogP) is 4.22. The van der Waals surface area contributed by atoms with E-state index in [1.165, 1.54) is 61.8 Å². The molecule has 1 unspecified atom stereocenters. The first-order valence-corrected chi connectivity index (χ1v) is 12.3. The van der Waals surface area contributed by atoms with Gasteiger partial charge in [-0.3, -0.25) is 20.1 Å². The minimum atomic E-state index is -0.570. The van der Waals surface area contributed by atoms with Crippen LogP contribution in [0.1, 0.15) is 82.6 Å². The highest BCUT2D eigenvalue weighted by molar-refractivity contribution is 6.07. The topological polar surface area (TPSA) is 81.1 Å². The van der Waals surface area contributed by atoms with Gasteiger partial charge in [0.05, 0.1) is 0 Å². The van der Waals surface area contributed by atoms with Gasteiger partial charge in [-0.15, -0.1) is 0 Å². The van der Waals surface area contributed by atoms with Crippen LogP contribution in [0.5, 0.6) is 0 Å². The molecule has 1 aromatic rings. The molecule has 1 saturated heterocycles. The smallest absolute Gasteiger partial charge is 0.254 e. The molecule has 3 aliphatic rings. The van der Waals surface area contributed by atoms with Gasteiger partial charge in [0.25, 0.3) is 5.91 Å². The fourth-order valence-electron chi connectivity index (χ4n) is 6.04. The van der Waals surface area contributed by atoms with Crippen LogP contribution in [0.2, 0.25) is 0 Å². The van der Waals surface area contributed by atoms with Crippen molar-refractivity contribution in [2.75, 3.05) is 7.05 Å². The average Bonchev–Trinajstić information content (AvgIpc) is 3.01. The zero-order chi connectivity index (χ0) is 21.7. The van der Waals surface area contributed by atoms with E-state index in [0.29, 0.717) is 12.0 Å². The summed E-state index contributed by atoms with van der Waals surface area (Å²) in [6.45, 7) is 0.850. The summed E-state index contributed by atoms with van der Waals surface area (Å²) in [5, 5.41) is 15.3. The molecule has 0 spiro atoms. The molecule has 0 aromatic carbocycles. The van der Waals surface area contributed by atoms with Gasteiger partial charge >= 0.3 is 0 Å². The van der Waals surface area contributed by atoms with Gasteiger partial charge in [0.2, 0.25) is 0 Å². The molecule has 2 aliphatic carbocycles. The van der Waals surface area contributed by atoms with Crippen LogP contribution in [0.15, 0.2) is 24.5 Å². The van der Waals surface area contributed by atoms with Crippen LogP contribution in [0.3, 0.4) is 0 Å². The lowest BCUT2D eigenvalue weighted by Crippen LogP contribution is -2.49. The van der Waals surface area contributed by atoms with Crippen LogP contribution in [-0.4, -0.2) is 40.4 Å². The second-order valence-corrected chi connectivity index (χ2v) is 10.1. The molecule has 170 valence electrons. The van der Waals surface area contributed by atoms with Crippen LogP contribution in [0, 0.1) is 17.2 Å². The Hall–Kier alpha value is -1.95. The lowest BCUT2D eigenvalue weighted by atomic mass is 9.74. The number of pyridine rings is 1. The normalized spacial score (nSPS) is 29.9. The number of amides is 1. The quantitative estimate of drug-likeness (QED) is 0.583. The van der Waals surface area contributed by atoms with Crippen molar-refractivity contribution in [1.82, 2.24) is 20.5 Å². The summed E-state index contributed by atoms with van der Waals surface area (Å²) in [4.78, 5) is 19.0. The largest absolute Gasteiger partial charge is 0.342 e. The van der Waals surface area contributed by atoms with Gasteiger partial charge in [0.1, 0.15) is 5.54 Å². The molecule has 6 nitrogen and oxygen atoms in total. The number of rotatable bonds is 8. The number of guanidine groups is 1. The molecule has 1 aromatic heterocycles. The molecule has 1 amide bonds.